The van der Waals surface area contributed by atoms with Crippen molar-refractivity contribution in [3.8, 4) is 34.1 Å². The van der Waals surface area contributed by atoms with Gasteiger partial charge in [0, 0.05) is 39.1 Å². The van der Waals surface area contributed by atoms with E-state index in [4.69, 9.17) is 4.74 Å². The van der Waals surface area contributed by atoms with Crippen LogP contribution >= 0.6 is 0 Å². The van der Waals surface area contributed by atoms with E-state index in [1.165, 1.54) is 102 Å². The summed E-state index contributed by atoms with van der Waals surface area (Å²) in [6, 6.07) is 85.4. The first kappa shape index (κ1) is 54.1. The number of carbonyl (C=O) groups is 1. The molecule has 1 atom stereocenters. The second-order valence-electron chi connectivity index (χ2n) is 22.3. The Balaban J connectivity index is 1.09. The molecule has 0 saturated heterocycles. The summed E-state index contributed by atoms with van der Waals surface area (Å²) < 4.78 is 7.99. The van der Waals surface area contributed by atoms with E-state index in [1.54, 1.807) is 6.07 Å². The molecule has 10 aromatic carbocycles. The molecule has 83 heavy (non-hydrogen) atoms. The number of rotatable bonds is 20. The minimum Gasteiger partial charge on any atom is -0.477 e. The highest BCUT2D eigenvalue weighted by atomic mass is 16.5. The topological polar surface area (TPSA) is 73.6 Å². The van der Waals surface area contributed by atoms with E-state index in [-0.39, 0.29) is 5.57 Å². The van der Waals surface area contributed by atoms with Crippen LogP contribution in [0.3, 0.4) is 0 Å². The van der Waals surface area contributed by atoms with E-state index in [1.807, 2.05) is 24.3 Å². The van der Waals surface area contributed by atoms with Crippen molar-refractivity contribution in [1.82, 2.24) is 0 Å². The van der Waals surface area contributed by atoms with Crippen LogP contribution in [0.1, 0.15) is 121 Å². The smallest absolute Gasteiger partial charge is 0.346 e. The standard InChI is InChI=1S/C78H68N2O3/c1-3-5-7-12-22-55-34-42-63(43-35-55)78(64-44-36-56(37-45-64)23-13-8-6-4-2)72-53-67(80(65-26-16-10-17-27-65)66-28-18-11-19-29-66)48-49-70(72)73-68-30-20-21-31-69(68)75-71(74(73)78)50-51-77(83-75,61-24-14-9-15-25-61)62-46-40-59(41-47-62)58-38-32-57(33-39-58)52-60(54-79)76(81)82/h9-11,14-21,24-53H,3-8,12-13,22-23H2,1-2H3,(H,81,82)/b60-52+. The predicted molar refractivity (Wildman–Crippen MR) is 342 cm³/mol. The largest absolute Gasteiger partial charge is 0.477 e. The molecule has 1 unspecified atom stereocenters. The van der Waals surface area contributed by atoms with Crippen molar-refractivity contribution in [3.05, 3.63) is 298 Å². The van der Waals surface area contributed by atoms with Crippen molar-refractivity contribution in [2.24, 2.45) is 0 Å². The maximum absolute atomic E-state index is 11.6. The molecule has 2 aliphatic rings. The molecule has 12 rings (SSSR count). The molecular weight excluding hydrogens is 1010 g/mol. The third-order valence-electron chi connectivity index (χ3n) is 17.1. The third-order valence-corrected chi connectivity index (χ3v) is 17.1. The molecule has 408 valence electrons. The van der Waals surface area contributed by atoms with Crippen molar-refractivity contribution >= 4 is 46.0 Å². The number of hydrogen-bond donors (Lipinski definition) is 1. The van der Waals surface area contributed by atoms with Gasteiger partial charge in [0.2, 0.25) is 0 Å². The van der Waals surface area contributed by atoms with E-state index in [2.05, 4.69) is 237 Å². The average molecular weight is 1080 g/mol. The number of ether oxygens (including phenoxy) is 1. The fraction of sp³-hybridized carbons (Fsp3) is 0.179. The first-order chi connectivity index (χ1) is 40.8. The molecule has 5 heteroatoms. The Labute approximate surface area is 489 Å². The summed E-state index contributed by atoms with van der Waals surface area (Å²) in [5.41, 5.74) is 16.8. The first-order valence-corrected chi connectivity index (χ1v) is 29.7. The maximum atomic E-state index is 11.6. The van der Waals surface area contributed by atoms with Crippen LogP contribution in [0.2, 0.25) is 0 Å². The van der Waals surface area contributed by atoms with Gasteiger partial charge in [-0.15, -0.1) is 0 Å². The summed E-state index contributed by atoms with van der Waals surface area (Å²) in [5.74, 6) is -0.410. The van der Waals surface area contributed by atoms with Gasteiger partial charge in [0.25, 0.3) is 0 Å². The Morgan fingerprint density at radius 2 is 1.05 bits per heavy atom. The Morgan fingerprint density at radius 3 is 1.59 bits per heavy atom. The quantitative estimate of drug-likeness (QED) is 0.0468. The Morgan fingerprint density at radius 1 is 0.542 bits per heavy atom. The molecule has 0 bridgehead atoms. The Hall–Kier alpha value is -9.50. The molecular formula is C78H68N2O3. The molecule has 0 amide bonds. The lowest BCUT2D eigenvalue weighted by atomic mass is 9.65. The van der Waals surface area contributed by atoms with Gasteiger partial charge in [-0.3, -0.25) is 0 Å². The van der Waals surface area contributed by atoms with Crippen molar-refractivity contribution in [1.29, 1.82) is 5.26 Å². The van der Waals surface area contributed by atoms with E-state index in [0.717, 1.165) is 74.2 Å². The van der Waals surface area contributed by atoms with Gasteiger partial charge in [-0.1, -0.05) is 253 Å². The fourth-order valence-electron chi connectivity index (χ4n) is 13.0. The molecule has 1 heterocycles. The summed E-state index contributed by atoms with van der Waals surface area (Å²) in [6.45, 7) is 4.56. The predicted octanol–water partition coefficient (Wildman–Crippen LogP) is 19.9. The van der Waals surface area contributed by atoms with Crippen LogP contribution in [0.4, 0.5) is 17.1 Å². The summed E-state index contributed by atoms with van der Waals surface area (Å²) in [5, 5.41) is 21.0. The second-order valence-corrected chi connectivity index (χ2v) is 22.3. The zero-order valence-electron chi connectivity index (χ0n) is 47.4. The molecule has 10 aromatic rings. The van der Waals surface area contributed by atoms with Crippen LogP contribution in [-0.4, -0.2) is 11.1 Å². The summed E-state index contributed by atoms with van der Waals surface area (Å²) in [4.78, 5) is 14.0. The van der Waals surface area contributed by atoms with Gasteiger partial charge < -0.3 is 14.7 Å². The number of anilines is 3. The van der Waals surface area contributed by atoms with Gasteiger partial charge in [-0.05, 0) is 141 Å². The number of aryl methyl sites for hydroxylation is 2. The average Bonchev–Trinajstić information content (AvgIpc) is 2.27. The van der Waals surface area contributed by atoms with Gasteiger partial charge in [0.15, 0.2) is 5.60 Å². The van der Waals surface area contributed by atoms with Crippen LogP contribution in [0.5, 0.6) is 5.75 Å². The van der Waals surface area contributed by atoms with Crippen LogP contribution in [0, 0.1) is 11.3 Å². The molecule has 0 spiro atoms. The van der Waals surface area contributed by atoms with Gasteiger partial charge in [-0.2, -0.15) is 5.26 Å². The van der Waals surface area contributed by atoms with Crippen LogP contribution in [-0.2, 0) is 28.7 Å². The van der Waals surface area contributed by atoms with Crippen molar-refractivity contribution in [2.75, 3.05) is 4.90 Å². The molecule has 1 aliphatic carbocycles. The van der Waals surface area contributed by atoms with Gasteiger partial charge in [0.05, 0.1) is 5.41 Å². The number of nitrogens with zero attached hydrogens (tertiary/aromatic N) is 2. The Kier molecular flexibility index (Phi) is 15.6. The SMILES string of the molecule is CCCCCCc1ccc(C2(c3ccc(CCCCCC)cc3)c3cc(N(c4ccccc4)c4ccccc4)ccc3-c3c2c2c(c4ccccc34)OC(c3ccccc3)(c3ccc(-c4ccc(/C=C(\C#N)C(=O)O)cc4)cc3)C=C2)cc1. The van der Waals surface area contributed by atoms with E-state index in [0.29, 0.717) is 5.56 Å². The first-order valence-electron chi connectivity index (χ1n) is 29.7. The minimum absolute atomic E-state index is 0.309. The van der Waals surface area contributed by atoms with Crippen molar-refractivity contribution < 1.29 is 14.6 Å². The normalized spacial score (nSPS) is 14.7. The van der Waals surface area contributed by atoms with Gasteiger partial charge in [0.1, 0.15) is 17.4 Å². The molecule has 0 aromatic heterocycles. The number of para-hydroxylation sites is 2. The molecule has 0 radical (unpaired) electrons. The number of benzene rings is 10. The fourth-order valence-corrected chi connectivity index (χ4v) is 13.0. The van der Waals surface area contributed by atoms with E-state index < -0.39 is 17.0 Å². The van der Waals surface area contributed by atoms with Crippen LogP contribution < -0.4 is 9.64 Å². The number of nitriles is 1. The molecule has 5 nitrogen and oxygen atoms in total. The summed E-state index contributed by atoms with van der Waals surface area (Å²) in [7, 11) is 0. The van der Waals surface area contributed by atoms with Crippen LogP contribution in [0.25, 0.3) is 45.2 Å². The van der Waals surface area contributed by atoms with Gasteiger partial charge >= 0.3 is 5.97 Å². The highest BCUT2D eigenvalue weighted by molar-refractivity contribution is 6.10. The minimum atomic E-state index is -1.25. The molecule has 1 N–H and O–H groups in total. The lowest BCUT2D eigenvalue weighted by Gasteiger charge is -2.40. The van der Waals surface area contributed by atoms with Crippen molar-refractivity contribution in [2.45, 2.75) is 89.1 Å². The highest BCUT2D eigenvalue weighted by Gasteiger charge is 2.51. The summed E-state index contributed by atoms with van der Waals surface area (Å²) in [6.07, 6.45) is 17.8. The number of carboxylic acids is 1. The number of unbranched alkanes of at least 4 members (excludes halogenated alkanes) is 6. The second kappa shape index (κ2) is 23.9. The lowest BCUT2D eigenvalue weighted by molar-refractivity contribution is -0.132. The van der Waals surface area contributed by atoms with Gasteiger partial charge in [-0.25, -0.2) is 4.79 Å². The number of hydrogen-bond acceptors (Lipinski definition) is 4. The lowest BCUT2D eigenvalue weighted by Crippen LogP contribution is -2.36. The number of carboxylic acid groups (broad SMARTS) is 1. The highest BCUT2D eigenvalue weighted by Crippen LogP contribution is 2.63. The Bertz CT molecular complexity index is 3930. The third kappa shape index (κ3) is 10.2. The number of fused-ring (bicyclic) bond motifs is 8. The maximum Gasteiger partial charge on any atom is 0.346 e. The van der Waals surface area contributed by atoms with E-state index in [9.17, 15) is 15.2 Å². The monoisotopic (exact) mass is 1080 g/mol. The zero-order chi connectivity index (χ0) is 56.8. The zero-order valence-corrected chi connectivity index (χ0v) is 47.4. The molecule has 0 saturated carbocycles. The summed E-state index contributed by atoms with van der Waals surface area (Å²) >= 11 is 0. The molecule has 0 fully saturated rings. The van der Waals surface area contributed by atoms with E-state index >= 15 is 0 Å². The van der Waals surface area contributed by atoms with Crippen molar-refractivity contribution in [3.63, 3.8) is 0 Å². The number of aliphatic carboxylic acids is 1. The van der Waals surface area contributed by atoms with Crippen LogP contribution in [0.15, 0.2) is 242 Å². The molecule has 1 aliphatic heterocycles.